The first-order valence-corrected chi connectivity index (χ1v) is 5.66. The largest absolute Gasteiger partial charge is 0.466 e. The van der Waals surface area contributed by atoms with Crippen LogP contribution in [-0.4, -0.2) is 49.6 Å². The maximum absolute atomic E-state index is 11.5. The van der Waals surface area contributed by atoms with Crippen LogP contribution in [-0.2, 0) is 14.3 Å². The molecule has 0 aromatic carbocycles. The van der Waals surface area contributed by atoms with Crippen LogP contribution in [0, 0.1) is 0 Å². The van der Waals surface area contributed by atoms with Crippen molar-refractivity contribution in [2.24, 2.45) is 0 Å². The van der Waals surface area contributed by atoms with Gasteiger partial charge < -0.3 is 10.1 Å². The van der Waals surface area contributed by atoms with Gasteiger partial charge in [-0.1, -0.05) is 0 Å². The maximum atomic E-state index is 11.5. The second kappa shape index (κ2) is 8.10. The van der Waals surface area contributed by atoms with Crippen LogP contribution in [0.3, 0.4) is 0 Å². The van der Waals surface area contributed by atoms with Crippen molar-refractivity contribution in [1.29, 1.82) is 0 Å². The highest BCUT2D eigenvalue weighted by molar-refractivity contribution is 5.81. The predicted molar refractivity (Wildman–Crippen MR) is 62.0 cm³/mol. The zero-order chi connectivity index (χ0) is 12.6. The molecule has 5 heteroatoms. The van der Waals surface area contributed by atoms with E-state index in [2.05, 4.69) is 5.32 Å². The Morgan fingerprint density at radius 2 is 2.00 bits per heavy atom. The van der Waals surface area contributed by atoms with Gasteiger partial charge in [0.05, 0.1) is 19.1 Å². The van der Waals surface area contributed by atoms with Crippen molar-refractivity contribution >= 4 is 11.9 Å². The van der Waals surface area contributed by atoms with Gasteiger partial charge in [-0.25, -0.2) is 0 Å². The number of esters is 1. The molecule has 1 amide bonds. The molecule has 0 radical (unpaired) electrons. The minimum atomic E-state index is -0.227. The molecule has 0 aromatic rings. The average Bonchev–Trinajstić information content (AvgIpc) is 2.25. The molecular weight excluding hydrogens is 208 g/mol. The van der Waals surface area contributed by atoms with Gasteiger partial charge in [0.1, 0.15) is 0 Å². The third-order valence-corrected chi connectivity index (χ3v) is 2.37. The summed E-state index contributed by atoms with van der Waals surface area (Å²) < 4.78 is 4.81. The monoisotopic (exact) mass is 230 g/mol. The number of nitrogens with one attached hydrogen (secondary N) is 1. The standard InChI is InChI=1S/C11H22N2O3/c1-5-12-11(15)9(3)13(4)8-7-10(14)16-6-2/h9H,5-8H2,1-4H3,(H,12,15). The predicted octanol–water partition coefficient (Wildman–Crippen LogP) is 0.396. The smallest absolute Gasteiger partial charge is 0.307 e. The van der Waals surface area contributed by atoms with Gasteiger partial charge in [0.15, 0.2) is 0 Å². The van der Waals surface area contributed by atoms with Crippen LogP contribution in [0.25, 0.3) is 0 Å². The van der Waals surface area contributed by atoms with Crippen LogP contribution in [0.4, 0.5) is 0 Å². The minimum absolute atomic E-state index is 0.0196. The third-order valence-electron chi connectivity index (χ3n) is 2.37. The van der Waals surface area contributed by atoms with E-state index < -0.39 is 0 Å². The average molecular weight is 230 g/mol. The summed E-state index contributed by atoms with van der Waals surface area (Å²) >= 11 is 0. The summed E-state index contributed by atoms with van der Waals surface area (Å²) in [5.41, 5.74) is 0. The Morgan fingerprint density at radius 3 is 2.50 bits per heavy atom. The summed E-state index contributed by atoms with van der Waals surface area (Å²) in [5, 5.41) is 2.74. The molecule has 0 spiro atoms. The molecule has 1 unspecified atom stereocenters. The van der Waals surface area contributed by atoms with Gasteiger partial charge in [0, 0.05) is 13.1 Å². The molecule has 94 valence electrons. The summed E-state index contributed by atoms with van der Waals surface area (Å²) in [5.74, 6) is -0.244. The SMILES string of the molecule is CCNC(=O)C(C)N(C)CCC(=O)OCC. The highest BCUT2D eigenvalue weighted by Gasteiger charge is 2.17. The lowest BCUT2D eigenvalue weighted by Crippen LogP contribution is -2.43. The number of carbonyl (C=O) groups is 2. The molecule has 0 saturated heterocycles. The van der Waals surface area contributed by atoms with Crippen molar-refractivity contribution in [1.82, 2.24) is 10.2 Å². The zero-order valence-corrected chi connectivity index (χ0v) is 10.6. The Bertz CT molecular complexity index is 231. The fraction of sp³-hybridized carbons (Fsp3) is 0.818. The van der Waals surface area contributed by atoms with Crippen LogP contribution in [0.15, 0.2) is 0 Å². The molecule has 0 saturated carbocycles. The second-order valence-corrected chi connectivity index (χ2v) is 3.61. The third kappa shape index (κ3) is 5.70. The highest BCUT2D eigenvalue weighted by Crippen LogP contribution is 1.98. The van der Waals surface area contributed by atoms with Crippen molar-refractivity contribution in [3.8, 4) is 0 Å². The van der Waals surface area contributed by atoms with E-state index >= 15 is 0 Å². The van der Waals surface area contributed by atoms with E-state index in [9.17, 15) is 9.59 Å². The van der Waals surface area contributed by atoms with E-state index in [1.807, 2.05) is 25.8 Å². The van der Waals surface area contributed by atoms with Crippen LogP contribution >= 0.6 is 0 Å². The van der Waals surface area contributed by atoms with Gasteiger partial charge >= 0.3 is 5.97 Å². The molecule has 1 N–H and O–H groups in total. The number of amides is 1. The van der Waals surface area contributed by atoms with Crippen LogP contribution in [0.1, 0.15) is 27.2 Å². The highest BCUT2D eigenvalue weighted by atomic mass is 16.5. The van der Waals surface area contributed by atoms with Crippen LogP contribution in [0.5, 0.6) is 0 Å². The molecule has 0 bridgehead atoms. The Hall–Kier alpha value is -1.10. The van der Waals surface area contributed by atoms with E-state index in [1.54, 1.807) is 6.92 Å². The lowest BCUT2D eigenvalue weighted by molar-refractivity contribution is -0.143. The quantitative estimate of drug-likeness (QED) is 0.643. The topological polar surface area (TPSA) is 58.6 Å². The maximum Gasteiger partial charge on any atom is 0.307 e. The first kappa shape index (κ1) is 14.9. The zero-order valence-electron chi connectivity index (χ0n) is 10.6. The normalized spacial score (nSPS) is 12.3. The fourth-order valence-electron chi connectivity index (χ4n) is 1.22. The Morgan fingerprint density at radius 1 is 1.38 bits per heavy atom. The Balaban J connectivity index is 3.91. The number of carbonyl (C=O) groups excluding carboxylic acids is 2. The molecule has 0 aliphatic heterocycles. The van der Waals surface area contributed by atoms with Crippen molar-refractivity contribution in [2.75, 3.05) is 26.7 Å². The first-order valence-electron chi connectivity index (χ1n) is 5.66. The number of ether oxygens (including phenoxy) is 1. The second-order valence-electron chi connectivity index (χ2n) is 3.61. The molecule has 0 aromatic heterocycles. The number of hydrogen-bond donors (Lipinski definition) is 1. The van der Waals surface area contributed by atoms with E-state index in [4.69, 9.17) is 4.74 Å². The number of likely N-dealkylation sites (N-methyl/N-ethyl adjacent to an activating group) is 2. The summed E-state index contributed by atoms with van der Waals surface area (Å²) in [6.07, 6.45) is 0.314. The molecule has 0 aliphatic carbocycles. The van der Waals surface area contributed by atoms with Crippen LogP contribution in [0.2, 0.25) is 0 Å². The molecule has 0 aliphatic rings. The Labute approximate surface area is 97.1 Å². The molecule has 0 fully saturated rings. The van der Waals surface area contributed by atoms with Gasteiger partial charge in [-0.05, 0) is 27.8 Å². The molecule has 16 heavy (non-hydrogen) atoms. The summed E-state index contributed by atoms with van der Waals surface area (Å²) in [7, 11) is 1.82. The number of rotatable bonds is 7. The first-order chi connectivity index (χ1) is 7.52. The van der Waals surface area contributed by atoms with Gasteiger partial charge in [0.2, 0.25) is 5.91 Å². The van der Waals surface area contributed by atoms with E-state index in [0.29, 0.717) is 26.1 Å². The van der Waals surface area contributed by atoms with Gasteiger partial charge in [-0.2, -0.15) is 0 Å². The van der Waals surface area contributed by atoms with E-state index in [-0.39, 0.29) is 17.9 Å². The van der Waals surface area contributed by atoms with Gasteiger partial charge in [-0.15, -0.1) is 0 Å². The van der Waals surface area contributed by atoms with Gasteiger partial charge in [-0.3, -0.25) is 14.5 Å². The number of hydrogen-bond acceptors (Lipinski definition) is 4. The molecular formula is C11H22N2O3. The van der Waals surface area contributed by atoms with Crippen molar-refractivity contribution in [3.05, 3.63) is 0 Å². The van der Waals surface area contributed by atoms with Crippen molar-refractivity contribution in [2.45, 2.75) is 33.2 Å². The van der Waals surface area contributed by atoms with E-state index in [1.165, 1.54) is 0 Å². The van der Waals surface area contributed by atoms with Crippen molar-refractivity contribution < 1.29 is 14.3 Å². The summed E-state index contributed by atoms with van der Waals surface area (Å²) in [6.45, 7) is 7.01. The Kier molecular flexibility index (Phi) is 7.54. The fourth-order valence-corrected chi connectivity index (χ4v) is 1.22. The van der Waals surface area contributed by atoms with Crippen LogP contribution < -0.4 is 5.32 Å². The molecule has 5 nitrogen and oxygen atoms in total. The van der Waals surface area contributed by atoms with Gasteiger partial charge in [0.25, 0.3) is 0 Å². The molecule has 0 rings (SSSR count). The lowest BCUT2D eigenvalue weighted by atomic mass is 10.2. The van der Waals surface area contributed by atoms with E-state index in [0.717, 1.165) is 0 Å². The minimum Gasteiger partial charge on any atom is -0.466 e. The molecule has 0 heterocycles. The lowest BCUT2D eigenvalue weighted by Gasteiger charge is -2.23. The summed E-state index contributed by atoms with van der Waals surface area (Å²) in [4.78, 5) is 24.4. The number of nitrogens with zero attached hydrogens (tertiary/aromatic N) is 1. The van der Waals surface area contributed by atoms with Crippen molar-refractivity contribution in [3.63, 3.8) is 0 Å². The summed E-state index contributed by atoms with van der Waals surface area (Å²) in [6, 6.07) is -0.227. The molecule has 1 atom stereocenters.